The van der Waals surface area contributed by atoms with Gasteiger partial charge < -0.3 is 4.90 Å². The number of likely N-dealkylation sites (tertiary alicyclic amines) is 1. The number of aryl methyl sites for hydroxylation is 1. The summed E-state index contributed by atoms with van der Waals surface area (Å²) in [7, 11) is 2.18. The van der Waals surface area contributed by atoms with Gasteiger partial charge in [-0.15, -0.1) is 0 Å². The molecule has 0 bridgehead atoms. The highest BCUT2D eigenvalue weighted by molar-refractivity contribution is 5.52. The number of piperidine rings is 1. The van der Waals surface area contributed by atoms with Gasteiger partial charge in [0, 0.05) is 31.4 Å². The summed E-state index contributed by atoms with van der Waals surface area (Å²) in [5.74, 6) is 0.499. The predicted molar refractivity (Wildman–Crippen MR) is 78.4 cm³/mol. The molecule has 1 aliphatic rings. The van der Waals surface area contributed by atoms with Crippen molar-refractivity contribution in [1.82, 2.24) is 24.6 Å². The molecule has 0 spiro atoms. The monoisotopic (exact) mass is 271 g/mol. The Kier molecular flexibility index (Phi) is 3.78. The van der Waals surface area contributed by atoms with Crippen LogP contribution in [0, 0.1) is 0 Å². The van der Waals surface area contributed by atoms with Crippen molar-refractivity contribution in [3.05, 3.63) is 30.4 Å². The molecule has 5 nitrogen and oxygen atoms in total. The first-order valence-corrected chi connectivity index (χ1v) is 7.30. The molecule has 0 radical (unpaired) electrons. The Morgan fingerprint density at radius 3 is 3.05 bits per heavy atom. The standard InChI is InChI=1S/C15H21N5/c1-3-20-15(6-7-17-20)14-10-16-9-13(18-14)12-5-4-8-19(2)11-12/h6-7,9-10,12H,3-5,8,11H2,1-2H3. The lowest BCUT2D eigenvalue weighted by atomic mass is 9.95. The summed E-state index contributed by atoms with van der Waals surface area (Å²) >= 11 is 0. The molecule has 0 aromatic carbocycles. The van der Waals surface area contributed by atoms with Crippen LogP contribution in [0.25, 0.3) is 11.4 Å². The molecule has 0 N–H and O–H groups in total. The van der Waals surface area contributed by atoms with Crippen molar-refractivity contribution in [1.29, 1.82) is 0 Å². The van der Waals surface area contributed by atoms with E-state index >= 15 is 0 Å². The van der Waals surface area contributed by atoms with E-state index in [-0.39, 0.29) is 0 Å². The van der Waals surface area contributed by atoms with Crippen LogP contribution in [0.5, 0.6) is 0 Å². The first-order valence-electron chi connectivity index (χ1n) is 7.30. The van der Waals surface area contributed by atoms with Gasteiger partial charge >= 0.3 is 0 Å². The third kappa shape index (κ3) is 2.58. The number of likely N-dealkylation sites (N-methyl/N-ethyl adjacent to an activating group) is 1. The molecule has 1 atom stereocenters. The van der Waals surface area contributed by atoms with Gasteiger partial charge in [0.25, 0.3) is 0 Å². The Balaban J connectivity index is 1.89. The van der Waals surface area contributed by atoms with Crippen molar-refractivity contribution in [2.45, 2.75) is 32.2 Å². The molecule has 1 unspecified atom stereocenters. The van der Waals surface area contributed by atoms with Gasteiger partial charge in [0.05, 0.1) is 17.6 Å². The summed E-state index contributed by atoms with van der Waals surface area (Å²) in [6, 6.07) is 2.00. The predicted octanol–water partition coefficient (Wildman–Crippen LogP) is 2.17. The van der Waals surface area contributed by atoms with Crippen LogP contribution >= 0.6 is 0 Å². The highest BCUT2D eigenvalue weighted by Crippen LogP contribution is 2.26. The second-order valence-electron chi connectivity index (χ2n) is 5.46. The smallest absolute Gasteiger partial charge is 0.107 e. The van der Waals surface area contributed by atoms with Crippen LogP contribution < -0.4 is 0 Å². The Bertz CT molecular complexity index is 577. The van der Waals surface area contributed by atoms with Crippen molar-refractivity contribution in [3.8, 4) is 11.4 Å². The zero-order valence-corrected chi connectivity index (χ0v) is 12.2. The van der Waals surface area contributed by atoms with Crippen molar-refractivity contribution in [3.63, 3.8) is 0 Å². The molecule has 0 aliphatic carbocycles. The molecule has 0 saturated carbocycles. The molecule has 3 rings (SSSR count). The van der Waals surface area contributed by atoms with E-state index in [2.05, 4.69) is 29.0 Å². The Morgan fingerprint density at radius 1 is 1.35 bits per heavy atom. The number of rotatable bonds is 3. The molecular formula is C15H21N5. The van der Waals surface area contributed by atoms with Crippen LogP contribution in [0.1, 0.15) is 31.4 Å². The summed E-state index contributed by atoms with van der Waals surface area (Å²) in [4.78, 5) is 11.6. The van der Waals surface area contributed by atoms with Gasteiger partial charge in [-0.3, -0.25) is 9.67 Å². The fourth-order valence-electron chi connectivity index (χ4n) is 2.91. The summed E-state index contributed by atoms with van der Waals surface area (Å²) < 4.78 is 1.96. The molecule has 1 saturated heterocycles. The van der Waals surface area contributed by atoms with E-state index in [0.29, 0.717) is 5.92 Å². The van der Waals surface area contributed by atoms with Crippen LogP contribution in [0.3, 0.4) is 0 Å². The fourth-order valence-corrected chi connectivity index (χ4v) is 2.91. The molecule has 20 heavy (non-hydrogen) atoms. The molecular weight excluding hydrogens is 250 g/mol. The largest absolute Gasteiger partial charge is 0.306 e. The van der Waals surface area contributed by atoms with Crippen LogP contribution in [0.15, 0.2) is 24.7 Å². The highest BCUT2D eigenvalue weighted by atomic mass is 15.3. The molecule has 2 aromatic heterocycles. The van der Waals surface area contributed by atoms with Crippen LogP contribution in [0.2, 0.25) is 0 Å². The first kappa shape index (κ1) is 13.2. The highest BCUT2D eigenvalue weighted by Gasteiger charge is 2.21. The van der Waals surface area contributed by atoms with Crippen molar-refractivity contribution >= 4 is 0 Å². The molecule has 0 amide bonds. The minimum atomic E-state index is 0.499. The zero-order chi connectivity index (χ0) is 13.9. The number of aromatic nitrogens is 4. The molecule has 106 valence electrons. The minimum Gasteiger partial charge on any atom is -0.306 e. The number of nitrogens with zero attached hydrogens (tertiary/aromatic N) is 5. The van der Waals surface area contributed by atoms with Gasteiger partial charge in [0.15, 0.2) is 0 Å². The van der Waals surface area contributed by atoms with Crippen molar-refractivity contribution < 1.29 is 0 Å². The van der Waals surface area contributed by atoms with Gasteiger partial charge in [0.1, 0.15) is 5.69 Å². The molecule has 1 aliphatic heterocycles. The first-order chi connectivity index (χ1) is 9.78. The fraction of sp³-hybridized carbons (Fsp3) is 0.533. The maximum atomic E-state index is 4.83. The Hall–Kier alpha value is -1.75. The van der Waals surface area contributed by atoms with E-state index in [1.165, 1.54) is 19.4 Å². The van der Waals surface area contributed by atoms with E-state index < -0.39 is 0 Å². The molecule has 2 aromatic rings. The lowest BCUT2D eigenvalue weighted by Crippen LogP contribution is -2.31. The zero-order valence-electron chi connectivity index (χ0n) is 12.2. The topological polar surface area (TPSA) is 46.8 Å². The summed E-state index contributed by atoms with van der Waals surface area (Å²) in [5, 5.41) is 4.31. The van der Waals surface area contributed by atoms with Gasteiger partial charge in [-0.25, -0.2) is 4.98 Å². The quantitative estimate of drug-likeness (QED) is 0.858. The van der Waals surface area contributed by atoms with Gasteiger partial charge in [-0.05, 0) is 39.4 Å². The lowest BCUT2D eigenvalue weighted by Gasteiger charge is -2.29. The summed E-state index contributed by atoms with van der Waals surface area (Å²) in [6.45, 7) is 5.20. The van der Waals surface area contributed by atoms with Crippen LogP contribution in [-0.2, 0) is 6.54 Å². The lowest BCUT2D eigenvalue weighted by molar-refractivity contribution is 0.248. The maximum absolute atomic E-state index is 4.83. The van der Waals surface area contributed by atoms with E-state index in [1.54, 1.807) is 0 Å². The second-order valence-corrected chi connectivity index (χ2v) is 5.46. The summed E-state index contributed by atoms with van der Waals surface area (Å²) in [5.41, 5.74) is 3.08. The second kappa shape index (κ2) is 5.71. The van der Waals surface area contributed by atoms with E-state index in [9.17, 15) is 0 Å². The van der Waals surface area contributed by atoms with Gasteiger partial charge in [-0.2, -0.15) is 5.10 Å². The molecule has 1 fully saturated rings. The maximum Gasteiger partial charge on any atom is 0.107 e. The van der Waals surface area contributed by atoms with Gasteiger partial charge in [0.2, 0.25) is 0 Å². The SMILES string of the molecule is CCn1nccc1-c1cncc(C2CCCN(C)C2)n1. The average molecular weight is 271 g/mol. The third-order valence-corrected chi connectivity index (χ3v) is 3.97. The normalized spacial score (nSPS) is 20.2. The third-order valence-electron chi connectivity index (χ3n) is 3.97. The minimum absolute atomic E-state index is 0.499. The van der Waals surface area contributed by atoms with Gasteiger partial charge in [-0.1, -0.05) is 0 Å². The molecule has 3 heterocycles. The Labute approximate surface area is 119 Å². The van der Waals surface area contributed by atoms with Crippen LogP contribution in [-0.4, -0.2) is 44.8 Å². The molecule has 5 heteroatoms. The van der Waals surface area contributed by atoms with Crippen LogP contribution in [0.4, 0.5) is 0 Å². The van der Waals surface area contributed by atoms with E-state index in [1.807, 2.05) is 29.3 Å². The number of hydrogen-bond acceptors (Lipinski definition) is 4. The summed E-state index contributed by atoms with van der Waals surface area (Å²) in [6.07, 6.45) is 8.01. The average Bonchev–Trinajstić information content (AvgIpc) is 2.96. The van der Waals surface area contributed by atoms with E-state index in [4.69, 9.17) is 4.98 Å². The van der Waals surface area contributed by atoms with Crippen molar-refractivity contribution in [2.75, 3.05) is 20.1 Å². The Morgan fingerprint density at radius 2 is 2.25 bits per heavy atom. The van der Waals surface area contributed by atoms with E-state index in [0.717, 1.165) is 30.2 Å². The van der Waals surface area contributed by atoms with Crippen molar-refractivity contribution in [2.24, 2.45) is 0 Å². The number of hydrogen-bond donors (Lipinski definition) is 0.